The third-order valence-electron chi connectivity index (χ3n) is 6.77. The minimum atomic E-state index is -0.790. The summed E-state index contributed by atoms with van der Waals surface area (Å²) < 4.78 is 11.5. The van der Waals surface area contributed by atoms with E-state index in [4.69, 9.17) is 9.47 Å². The molecule has 0 radical (unpaired) electrons. The zero-order valence-corrected chi connectivity index (χ0v) is 21.7. The number of benzene rings is 6. The fraction of sp³-hybridized carbons (Fsp3) is 0. The van der Waals surface area contributed by atoms with Crippen LogP contribution >= 0.6 is 0 Å². The highest BCUT2D eigenvalue weighted by atomic mass is 16.7. The van der Waals surface area contributed by atoms with E-state index in [-0.39, 0.29) is 0 Å². The van der Waals surface area contributed by atoms with Crippen LogP contribution in [0.4, 0.5) is 4.79 Å². The van der Waals surface area contributed by atoms with E-state index in [0.29, 0.717) is 11.5 Å². The van der Waals surface area contributed by atoms with Gasteiger partial charge in [-0.3, -0.25) is 0 Å². The smallest absolute Gasteiger partial charge is 0.394 e. The highest BCUT2D eigenvalue weighted by Crippen LogP contribution is 2.34. The van der Waals surface area contributed by atoms with Crippen molar-refractivity contribution in [2.45, 2.75) is 0 Å². The SMILES string of the molecule is O=C(Oc1ccccc1-c1ccc(-c2ccccc2)cc1)Oc1ccccc1-c1ccc(-c2ccccc2)cc1. The van der Waals surface area contributed by atoms with Crippen LogP contribution in [0.1, 0.15) is 0 Å². The van der Waals surface area contributed by atoms with E-state index in [1.165, 1.54) is 0 Å². The molecule has 0 saturated heterocycles. The first-order valence-electron chi connectivity index (χ1n) is 13.1. The lowest BCUT2D eigenvalue weighted by atomic mass is 10.00. The van der Waals surface area contributed by atoms with E-state index in [1.54, 1.807) is 12.1 Å². The zero-order valence-electron chi connectivity index (χ0n) is 21.7. The molecule has 0 atom stereocenters. The first-order valence-corrected chi connectivity index (χ1v) is 13.1. The van der Waals surface area contributed by atoms with Crippen molar-refractivity contribution in [1.82, 2.24) is 0 Å². The maximum absolute atomic E-state index is 13.0. The second kappa shape index (κ2) is 11.5. The molecule has 0 unspecified atom stereocenters. The van der Waals surface area contributed by atoms with Gasteiger partial charge in [-0.25, -0.2) is 4.79 Å². The average molecular weight is 519 g/mol. The van der Waals surface area contributed by atoms with E-state index in [9.17, 15) is 4.79 Å². The Labute approximate surface area is 233 Å². The number of rotatable bonds is 6. The molecule has 0 bridgehead atoms. The van der Waals surface area contributed by atoms with Gasteiger partial charge < -0.3 is 9.47 Å². The molecule has 40 heavy (non-hydrogen) atoms. The molecular weight excluding hydrogens is 492 g/mol. The predicted octanol–water partition coefficient (Wildman–Crippen LogP) is 9.93. The molecule has 192 valence electrons. The van der Waals surface area contributed by atoms with Crippen LogP contribution in [0.3, 0.4) is 0 Å². The maximum Gasteiger partial charge on any atom is 0.519 e. The highest BCUT2D eigenvalue weighted by molar-refractivity contribution is 5.80. The lowest BCUT2D eigenvalue weighted by molar-refractivity contribution is 0.152. The molecule has 0 heterocycles. The summed E-state index contributed by atoms with van der Waals surface area (Å²) in [6.07, 6.45) is -0.790. The van der Waals surface area contributed by atoms with Gasteiger partial charge in [0.05, 0.1) is 0 Å². The van der Waals surface area contributed by atoms with Gasteiger partial charge in [0.2, 0.25) is 0 Å². The minimum Gasteiger partial charge on any atom is -0.394 e. The second-order valence-electron chi connectivity index (χ2n) is 9.33. The Morgan fingerprint density at radius 3 is 1.02 bits per heavy atom. The first kappa shape index (κ1) is 24.9. The van der Waals surface area contributed by atoms with Gasteiger partial charge in [-0.2, -0.15) is 0 Å². The van der Waals surface area contributed by atoms with Crippen LogP contribution in [0.15, 0.2) is 158 Å². The Kier molecular flexibility index (Phi) is 7.19. The topological polar surface area (TPSA) is 35.5 Å². The van der Waals surface area contributed by atoms with Crippen molar-refractivity contribution in [3.63, 3.8) is 0 Å². The Morgan fingerprint density at radius 2 is 0.625 bits per heavy atom. The van der Waals surface area contributed by atoms with E-state index in [0.717, 1.165) is 44.5 Å². The Morgan fingerprint density at radius 1 is 0.325 bits per heavy atom. The van der Waals surface area contributed by atoms with Crippen molar-refractivity contribution < 1.29 is 14.3 Å². The summed E-state index contributed by atoms with van der Waals surface area (Å²) in [7, 11) is 0. The van der Waals surface area contributed by atoms with Crippen molar-refractivity contribution in [2.75, 3.05) is 0 Å². The van der Waals surface area contributed by atoms with Crippen LogP contribution in [0.25, 0.3) is 44.5 Å². The fourth-order valence-corrected chi connectivity index (χ4v) is 4.73. The third kappa shape index (κ3) is 5.54. The van der Waals surface area contributed by atoms with Gasteiger partial charge in [0.1, 0.15) is 11.5 Å². The van der Waals surface area contributed by atoms with Crippen molar-refractivity contribution in [3.8, 4) is 56.0 Å². The predicted molar refractivity (Wildman–Crippen MR) is 161 cm³/mol. The molecule has 0 spiro atoms. The van der Waals surface area contributed by atoms with E-state index in [2.05, 4.69) is 48.5 Å². The number of hydrogen-bond acceptors (Lipinski definition) is 3. The fourth-order valence-electron chi connectivity index (χ4n) is 4.73. The number of hydrogen-bond donors (Lipinski definition) is 0. The van der Waals surface area contributed by atoms with Gasteiger partial charge >= 0.3 is 6.16 Å². The normalized spacial score (nSPS) is 10.6. The molecule has 3 nitrogen and oxygen atoms in total. The Bertz CT molecular complexity index is 1590. The van der Waals surface area contributed by atoms with Crippen LogP contribution in [-0.2, 0) is 0 Å². The van der Waals surface area contributed by atoms with Gasteiger partial charge in [-0.15, -0.1) is 0 Å². The molecule has 0 saturated carbocycles. The maximum atomic E-state index is 13.0. The van der Waals surface area contributed by atoms with Crippen LogP contribution in [-0.4, -0.2) is 6.16 Å². The Hall–Kier alpha value is -5.41. The molecule has 6 aromatic carbocycles. The molecule has 0 aliphatic carbocycles. The molecule has 0 N–H and O–H groups in total. The molecule has 0 amide bonds. The summed E-state index contributed by atoms with van der Waals surface area (Å²) >= 11 is 0. The van der Waals surface area contributed by atoms with Crippen LogP contribution in [0.5, 0.6) is 11.5 Å². The molecule has 3 heteroatoms. The standard InChI is InChI=1S/C37H26O3/c38-37(39-35-17-9-7-15-33(35)31-23-19-29(20-24-31)27-11-3-1-4-12-27)40-36-18-10-8-16-34(36)32-25-21-30(22-26-32)28-13-5-2-6-14-28/h1-26H. The number of carbonyl (C=O) groups excluding carboxylic acids is 1. The number of carbonyl (C=O) groups is 1. The molecule has 0 aliphatic rings. The summed E-state index contributed by atoms with van der Waals surface area (Å²) in [4.78, 5) is 13.0. The van der Waals surface area contributed by atoms with Crippen molar-refractivity contribution in [2.24, 2.45) is 0 Å². The number of para-hydroxylation sites is 2. The molecule has 0 fully saturated rings. The van der Waals surface area contributed by atoms with Gasteiger partial charge in [0, 0.05) is 11.1 Å². The summed E-state index contributed by atoms with van der Waals surface area (Å²) in [6, 6.07) is 51.8. The van der Waals surface area contributed by atoms with Crippen molar-refractivity contribution in [1.29, 1.82) is 0 Å². The molecule has 0 aromatic heterocycles. The summed E-state index contributed by atoms with van der Waals surface area (Å²) in [6.45, 7) is 0. The van der Waals surface area contributed by atoms with Gasteiger partial charge in [0.25, 0.3) is 0 Å². The molecule has 0 aliphatic heterocycles. The average Bonchev–Trinajstić information content (AvgIpc) is 3.03. The van der Waals surface area contributed by atoms with Crippen molar-refractivity contribution >= 4 is 6.16 Å². The van der Waals surface area contributed by atoms with E-state index >= 15 is 0 Å². The summed E-state index contributed by atoms with van der Waals surface area (Å²) in [5, 5.41) is 0. The molecule has 6 rings (SSSR count). The van der Waals surface area contributed by atoms with Gasteiger partial charge in [-0.05, 0) is 45.5 Å². The zero-order chi connectivity index (χ0) is 27.1. The quantitative estimate of drug-likeness (QED) is 0.163. The Balaban J connectivity index is 1.20. The van der Waals surface area contributed by atoms with E-state index in [1.807, 2.05) is 97.1 Å². The monoisotopic (exact) mass is 518 g/mol. The second-order valence-corrected chi connectivity index (χ2v) is 9.33. The lowest BCUT2D eigenvalue weighted by Gasteiger charge is -2.13. The summed E-state index contributed by atoms with van der Waals surface area (Å²) in [5.74, 6) is 0.870. The highest BCUT2D eigenvalue weighted by Gasteiger charge is 2.15. The van der Waals surface area contributed by atoms with Crippen LogP contribution < -0.4 is 9.47 Å². The molecular formula is C37H26O3. The first-order chi connectivity index (χ1) is 19.7. The molecule has 6 aromatic rings. The minimum absolute atomic E-state index is 0.435. The lowest BCUT2D eigenvalue weighted by Crippen LogP contribution is -2.14. The van der Waals surface area contributed by atoms with Gasteiger partial charge in [-0.1, -0.05) is 146 Å². The van der Waals surface area contributed by atoms with Crippen LogP contribution in [0, 0.1) is 0 Å². The van der Waals surface area contributed by atoms with Crippen LogP contribution in [0.2, 0.25) is 0 Å². The number of ether oxygens (including phenoxy) is 2. The van der Waals surface area contributed by atoms with Crippen molar-refractivity contribution in [3.05, 3.63) is 158 Å². The summed E-state index contributed by atoms with van der Waals surface area (Å²) in [5.41, 5.74) is 8.05. The largest absolute Gasteiger partial charge is 0.519 e. The van der Waals surface area contributed by atoms with E-state index < -0.39 is 6.16 Å². The van der Waals surface area contributed by atoms with Gasteiger partial charge in [0.15, 0.2) is 0 Å². The third-order valence-corrected chi connectivity index (χ3v) is 6.77.